The van der Waals surface area contributed by atoms with Crippen LogP contribution in [0.1, 0.15) is 24.8 Å². The van der Waals surface area contributed by atoms with Crippen LogP contribution in [0.5, 0.6) is 0 Å². The maximum Gasteiger partial charge on any atom is 0.254 e. The SMILES string of the molecule is O=C1C/C(=C\c2cnn3c(NC4CC4)cc(Nc4ccc(F)c(F)c4)nc23)C(=O)N1. The van der Waals surface area contributed by atoms with Crippen molar-refractivity contribution in [3.05, 3.63) is 53.2 Å². The van der Waals surface area contributed by atoms with E-state index in [2.05, 4.69) is 26.0 Å². The first-order chi connectivity index (χ1) is 14.5. The van der Waals surface area contributed by atoms with Crippen LogP contribution in [0.3, 0.4) is 0 Å². The van der Waals surface area contributed by atoms with Gasteiger partial charge in [0.15, 0.2) is 17.3 Å². The average molecular weight is 410 g/mol. The summed E-state index contributed by atoms with van der Waals surface area (Å²) in [6.45, 7) is 0. The molecule has 3 heterocycles. The lowest BCUT2D eigenvalue weighted by atomic mass is 10.1. The molecule has 1 aliphatic heterocycles. The van der Waals surface area contributed by atoms with Crippen LogP contribution in [0.2, 0.25) is 0 Å². The second-order valence-electron chi connectivity index (χ2n) is 7.26. The van der Waals surface area contributed by atoms with Crippen LogP contribution in [-0.2, 0) is 9.59 Å². The van der Waals surface area contributed by atoms with Crippen molar-refractivity contribution in [1.82, 2.24) is 19.9 Å². The van der Waals surface area contributed by atoms with Gasteiger partial charge in [0, 0.05) is 35.0 Å². The zero-order chi connectivity index (χ0) is 20.8. The van der Waals surface area contributed by atoms with E-state index < -0.39 is 17.5 Å². The van der Waals surface area contributed by atoms with Gasteiger partial charge in [-0.15, -0.1) is 0 Å². The van der Waals surface area contributed by atoms with Gasteiger partial charge in [0.05, 0.1) is 12.6 Å². The van der Waals surface area contributed by atoms with Gasteiger partial charge in [0.2, 0.25) is 5.91 Å². The maximum atomic E-state index is 13.6. The molecule has 10 heteroatoms. The molecule has 2 fully saturated rings. The van der Waals surface area contributed by atoms with Crippen molar-refractivity contribution in [1.29, 1.82) is 0 Å². The highest BCUT2D eigenvalue weighted by molar-refractivity contribution is 6.15. The van der Waals surface area contributed by atoms with Crippen molar-refractivity contribution >= 4 is 40.9 Å². The van der Waals surface area contributed by atoms with Crippen molar-refractivity contribution in [2.75, 3.05) is 10.6 Å². The number of nitrogens with one attached hydrogen (secondary N) is 3. The summed E-state index contributed by atoms with van der Waals surface area (Å²) in [7, 11) is 0. The number of fused-ring (bicyclic) bond motifs is 1. The standard InChI is InChI=1S/C20H16F2N6O2/c21-14-4-3-13(7-15(14)22)24-16-8-17(25-12-1-2-12)28-19(26-16)11(9-23-28)5-10-6-18(29)27-20(10)30/h3-5,7-9,12,25H,1-2,6H2,(H,24,26)(H,27,29,30)/b10-5+. The van der Waals surface area contributed by atoms with E-state index in [4.69, 9.17) is 0 Å². The molecule has 2 aliphatic rings. The lowest BCUT2D eigenvalue weighted by Crippen LogP contribution is -2.19. The highest BCUT2D eigenvalue weighted by Crippen LogP contribution is 2.29. The fourth-order valence-corrected chi connectivity index (χ4v) is 3.22. The molecule has 8 nitrogen and oxygen atoms in total. The molecule has 152 valence electrons. The minimum absolute atomic E-state index is 0.00382. The van der Waals surface area contributed by atoms with Gasteiger partial charge in [0.25, 0.3) is 5.91 Å². The lowest BCUT2D eigenvalue weighted by Gasteiger charge is -2.12. The van der Waals surface area contributed by atoms with Gasteiger partial charge in [-0.2, -0.15) is 9.61 Å². The van der Waals surface area contributed by atoms with E-state index >= 15 is 0 Å². The Morgan fingerprint density at radius 3 is 2.70 bits per heavy atom. The van der Waals surface area contributed by atoms with E-state index in [9.17, 15) is 18.4 Å². The number of imide groups is 1. The third-order valence-corrected chi connectivity index (χ3v) is 4.85. The van der Waals surface area contributed by atoms with Crippen LogP contribution in [-0.4, -0.2) is 32.5 Å². The van der Waals surface area contributed by atoms with Crippen molar-refractivity contribution in [3.8, 4) is 0 Å². The van der Waals surface area contributed by atoms with Crippen LogP contribution in [0, 0.1) is 11.6 Å². The Bertz CT molecular complexity index is 1230. The zero-order valence-electron chi connectivity index (χ0n) is 15.6. The first-order valence-electron chi connectivity index (χ1n) is 9.38. The third kappa shape index (κ3) is 3.47. The lowest BCUT2D eigenvalue weighted by molar-refractivity contribution is -0.124. The van der Waals surface area contributed by atoms with Crippen LogP contribution in [0.25, 0.3) is 11.7 Å². The molecule has 5 rings (SSSR count). The molecule has 2 amide bonds. The van der Waals surface area contributed by atoms with E-state index in [1.165, 1.54) is 6.07 Å². The molecule has 2 aromatic heterocycles. The summed E-state index contributed by atoms with van der Waals surface area (Å²) < 4.78 is 28.4. The van der Waals surface area contributed by atoms with Crippen LogP contribution >= 0.6 is 0 Å². The molecule has 0 unspecified atom stereocenters. The first-order valence-corrected chi connectivity index (χ1v) is 9.38. The summed E-state index contributed by atoms with van der Waals surface area (Å²) in [5, 5.41) is 12.9. The molecule has 1 saturated heterocycles. The van der Waals surface area contributed by atoms with Gasteiger partial charge >= 0.3 is 0 Å². The van der Waals surface area contributed by atoms with E-state index in [-0.39, 0.29) is 12.3 Å². The minimum Gasteiger partial charge on any atom is -0.367 e. The number of nitrogens with zero attached hydrogens (tertiary/aromatic N) is 3. The third-order valence-electron chi connectivity index (χ3n) is 4.85. The first kappa shape index (κ1) is 18.2. The van der Waals surface area contributed by atoms with Gasteiger partial charge in [-0.25, -0.2) is 13.8 Å². The summed E-state index contributed by atoms with van der Waals surface area (Å²) in [4.78, 5) is 27.9. The van der Waals surface area contributed by atoms with E-state index in [1.54, 1.807) is 22.9 Å². The molecule has 30 heavy (non-hydrogen) atoms. The molecular formula is C20H16F2N6O2. The topological polar surface area (TPSA) is 100 Å². The molecule has 0 radical (unpaired) electrons. The quantitative estimate of drug-likeness (QED) is 0.442. The minimum atomic E-state index is -0.968. The molecule has 1 saturated carbocycles. The normalized spacial score (nSPS) is 17.6. The Labute approximate surface area is 169 Å². The number of carbonyl (C=O) groups excluding carboxylic acids is 2. The molecule has 0 spiro atoms. The fraction of sp³-hybridized carbons (Fsp3) is 0.200. The largest absolute Gasteiger partial charge is 0.367 e. The van der Waals surface area contributed by atoms with E-state index in [0.717, 1.165) is 25.0 Å². The highest BCUT2D eigenvalue weighted by Gasteiger charge is 2.25. The molecule has 3 N–H and O–H groups in total. The predicted octanol–water partition coefficient (Wildman–Crippen LogP) is 2.76. The number of halogens is 2. The highest BCUT2D eigenvalue weighted by atomic mass is 19.2. The Morgan fingerprint density at radius 2 is 2.00 bits per heavy atom. The van der Waals surface area contributed by atoms with Gasteiger partial charge in [0.1, 0.15) is 11.6 Å². The summed E-state index contributed by atoms with van der Waals surface area (Å²) in [6.07, 6.45) is 5.21. The van der Waals surface area contributed by atoms with Crippen LogP contribution in [0.15, 0.2) is 36.0 Å². The van der Waals surface area contributed by atoms with Crippen molar-refractivity contribution in [2.45, 2.75) is 25.3 Å². The Kier molecular flexibility index (Phi) is 4.19. The van der Waals surface area contributed by atoms with Crippen LogP contribution < -0.4 is 16.0 Å². The summed E-state index contributed by atoms with van der Waals surface area (Å²) in [5.74, 6) is -1.63. The number of carbonyl (C=O) groups is 2. The fourth-order valence-electron chi connectivity index (χ4n) is 3.22. The summed E-state index contributed by atoms with van der Waals surface area (Å²) in [6, 6.07) is 5.54. The number of anilines is 3. The number of aromatic nitrogens is 3. The number of hydrogen-bond acceptors (Lipinski definition) is 6. The zero-order valence-corrected chi connectivity index (χ0v) is 15.6. The van der Waals surface area contributed by atoms with Crippen molar-refractivity contribution in [3.63, 3.8) is 0 Å². The number of amides is 2. The Balaban J connectivity index is 1.57. The van der Waals surface area contributed by atoms with E-state index in [0.29, 0.717) is 40.1 Å². The second kappa shape index (κ2) is 6.90. The smallest absolute Gasteiger partial charge is 0.254 e. The van der Waals surface area contributed by atoms with Crippen molar-refractivity contribution < 1.29 is 18.4 Å². The number of rotatable bonds is 5. The summed E-state index contributed by atoms with van der Waals surface area (Å²) in [5.41, 5.74) is 1.67. The molecule has 3 aromatic rings. The monoisotopic (exact) mass is 410 g/mol. The van der Waals surface area contributed by atoms with Gasteiger partial charge in [-0.05, 0) is 31.1 Å². The second-order valence-corrected chi connectivity index (χ2v) is 7.26. The number of hydrogen-bond donors (Lipinski definition) is 3. The molecule has 0 bridgehead atoms. The van der Waals surface area contributed by atoms with Crippen LogP contribution in [0.4, 0.5) is 26.1 Å². The average Bonchev–Trinajstić information content (AvgIpc) is 3.34. The van der Waals surface area contributed by atoms with E-state index in [1.807, 2.05) is 0 Å². The molecular weight excluding hydrogens is 394 g/mol. The molecule has 1 aromatic carbocycles. The van der Waals surface area contributed by atoms with Gasteiger partial charge in [-0.1, -0.05) is 0 Å². The van der Waals surface area contributed by atoms with Gasteiger partial charge in [-0.3, -0.25) is 14.9 Å². The van der Waals surface area contributed by atoms with Crippen molar-refractivity contribution in [2.24, 2.45) is 0 Å². The molecule has 1 aliphatic carbocycles. The predicted molar refractivity (Wildman–Crippen MR) is 105 cm³/mol. The Morgan fingerprint density at radius 1 is 1.17 bits per heavy atom. The molecule has 0 atom stereocenters. The maximum absolute atomic E-state index is 13.6. The van der Waals surface area contributed by atoms with Gasteiger partial charge < -0.3 is 10.6 Å². The number of benzene rings is 1. The Hall–Kier alpha value is -3.82. The summed E-state index contributed by atoms with van der Waals surface area (Å²) >= 11 is 0.